The molecule has 0 spiro atoms. The maximum atomic E-state index is 11.9. The average Bonchev–Trinajstić information content (AvgIpc) is 2.51. The van der Waals surface area contributed by atoms with Gasteiger partial charge in [-0.2, -0.15) is 0 Å². The van der Waals surface area contributed by atoms with Crippen LogP contribution in [0.25, 0.3) is 0 Å². The predicted molar refractivity (Wildman–Crippen MR) is 98.3 cm³/mol. The van der Waals surface area contributed by atoms with Crippen molar-refractivity contribution in [1.29, 1.82) is 0 Å². The highest BCUT2D eigenvalue weighted by Crippen LogP contribution is 2.24. The Morgan fingerprint density at radius 1 is 1.33 bits per heavy atom. The Morgan fingerprint density at radius 3 is 2.58 bits per heavy atom. The summed E-state index contributed by atoms with van der Waals surface area (Å²) in [6.45, 7) is 5.82. The number of hydrogen-bond donors (Lipinski definition) is 3. The summed E-state index contributed by atoms with van der Waals surface area (Å²) in [7, 11) is 1.62. The van der Waals surface area contributed by atoms with Gasteiger partial charge < -0.3 is 21.1 Å². The number of guanidine groups is 1. The second-order valence-corrected chi connectivity index (χ2v) is 7.27. The Hall–Kier alpha value is -2.22. The van der Waals surface area contributed by atoms with Crippen molar-refractivity contribution >= 4 is 28.8 Å². The van der Waals surface area contributed by atoms with Crippen LogP contribution >= 0.6 is 11.8 Å². The third-order valence-electron chi connectivity index (χ3n) is 3.00. The molecule has 0 bridgehead atoms. The first kappa shape index (κ1) is 18.1. The molecule has 0 aromatic heterocycles. The summed E-state index contributed by atoms with van der Waals surface area (Å²) in [5.41, 5.74) is 6.48. The van der Waals surface area contributed by atoms with E-state index >= 15 is 0 Å². The number of aliphatic imine (C=N–C) groups is 2. The van der Waals surface area contributed by atoms with E-state index in [0.29, 0.717) is 5.17 Å². The van der Waals surface area contributed by atoms with Crippen LogP contribution in [0.1, 0.15) is 32.5 Å². The third-order valence-corrected chi connectivity index (χ3v) is 3.89. The molecule has 0 unspecified atom stereocenters. The van der Waals surface area contributed by atoms with Crippen LogP contribution in [0, 0.1) is 0 Å². The van der Waals surface area contributed by atoms with Crippen molar-refractivity contribution in [3.8, 4) is 5.75 Å². The predicted octanol–water partition coefficient (Wildman–Crippen LogP) is 1.62. The number of amidine groups is 1. The number of ether oxygens (including phenoxy) is 1. The second kappa shape index (κ2) is 7.57. The summed E-state index contributed by atoms with van der Waals surface area (Å²) in [6, 6.07) is 7.48. The quantitative estimate of drug-likeness (QED) is 0.767. The summed E-state index contributed by atoms with van der Waals surface area (Å²) < 4.78 is 5.15. The molecule has 1 aliphatic heterocycles. The Bertz CT molecular complexity index is 649. The monoisotopic (exact) mass is 349 g/mol. The van der Waals surface area contributed by atoms with Crippen LogP contribution in [0.5, 0.6) is 5.75 Å². The lowest BCUT2D eigenvalue weighted by Gasteiger charge is -2.21. The van der Waals surface area contributed by atoms with Gasteiger partial charge in [-0.1, -0.05) is 23.9 Å². The molecule has 1 aliphatic rings. The summed E-state index contributed by atoms with van der Waals surface area (Å²) in [6.07, 6.45) is -0.426. The molecule has 2 rings (SSSR count). The van der Waals surface area contributed by atoms with Crippen LogP contribution in [-0.4, -0.2) is 35.4 Å². The molecular formula is C16H23N5O2S. The molecule has 1 aromatic carbocycles. The first-order valence-corrected chi connectivity index (χ1v) is 8.51. The smallest absolute Gasteiger partial charge is 0.230 e. The fourth-order valence-electron chi connectivity index (χ4n) is 2.03. The third kappa shape index (κ3) is 5.45. The van der Waals surface area contributed by atoms with Gasteiger partial charge in [0.25, 0.3) is 0 Å². The number of carbonyl (C=O) groups excluding carboxylic acids is 1. The molecule has 1 heterocycles. The van der Waals surface area contributed by atoms with Crippen LogP contribution in [0.4, 0.5) is 0 Å². The van der Waals surface area contributed by atoms with Gasteiger partial charge in [-0.05, 0) is 38.5 Å². The van der Waals surface area contributed by atoms with Gasteiger partial charge in [0.2, 0.25) is 5.91 Å². The number of benzene rings is 1. The first-order valence-electron chi connectivity index (χ1n) is 7.53. The molecular weight excluding hydrogens is 326 g/mol. The van der Waals surface area contributed by atoms with E-state index in [1.807, 2.05) is 45.0 Å². The number of carbonyl (C=O) groups is 1. The number of nitrogens with zero attached hydrogens (tertiary/aromatic N) is 2. The molecule has 0 saturated carbocycles. The Morgan fingerprint density at radius 2 is 2.00 bits per heavy atom. The lowest BCUT2D eigenvalue weighted by molar-refractivity contribution is -0.119. The number of nitrogens with one attached hydrogen (secondary N) is 2. The Labute approximate surface area is 146 Å². The molecule has 0 saturated heterocycles. The first-order chi connectivity index (χ1) is 11.3. The van der Waals surface area contributed by atoms with E-state index in [1.165, 1.54) is 11.8 Å². The zero-order valence-electron chi connectivity index (χ0n) is 14.3. The van der Waals surface area contributed by atoms with Crippen molar-refractivity contribution in [2.24, 2.45) is 15.7 Å². The largest absolute Gasteiger partial charge is 0.497 e. The number of amides is 1. The highest BCUT2D eigenvalue weighted by atomic mass is 32.2. The van der Waals surface area contributed by atoms with Crippen LogP contribution in [-0.2, 0) is 4.79 Å². The lowest BCUT2D eigenvalue weighted by atomic mass is 10.1. The van der Waals surface area contributed by atoms with Crippen molar-refractivity contribution in [3.63, 3.8) is 0 Å². The average molecular weight is 349 g/mol. The summed E-state index contributed by atoms with van der Waals surface area (Å²) in [5, 5.41) is 6.38. The molecule has 7 nitrogen and oxygen atoms in total. The van der Waals surface area contributed by atoms with Crippen molar-refractivity contribution in [3.05, 3.63) is 29.8 Å². The van der Waals surface area contributed by atoms with Crippen molar-refractivity contribution in [2.45, 2.75) is 32.5 Å². The number of rotatable bonds is 4. The van der Waals surface area contributed by atoms with Crippen molar-refractivity contribution in [1.82, 2.24) is 10.6 Å². The number of hydrogen-bond acceptors (Lipinski definition) is 7. The minimum Gasteiger partial charge on any atom is -0.497 e. The normalized spacial score (nSPS) is 17.4. The lowest BCUT2D eigenvalue weighted by Crippen LogP contribution is -2.43. The van der Waals surface area contributed by atoms with E-state index in [9.17, 15) is 4.79 Å². The van der Waals surface area contributed by atoms with Crippen molar-refractivity contribution in [2.75, 3.05) is 12.9 Å². The van der Waals surface area contributed by atoms with E-state index in [-0.39, 0.29) is 23.2 Å². The molecule has 1 aromatic rings. The van der Waals surface area contributed by atoms with Gasteiger partial charge in [-0.25, -0.2) is 9.98 Å². The van der Waals surface area contributed by atoms with Gasteiger partial charge >= 0.3 is 0 Å². The topological polar surface area (TPSA) is 101 Å². The molecule has 130 valence electrons. The SMILES string of the molecule is COc1ccc([C@@H]2N=C(N)NC(SCC(=O)NC(C)(C)C)=N2)cc1. The molecule has 1 atom stereocenters. The second-order valence-electron chi connectivity index (χ2n) is 6.31. The van der Waals surface area contributed by atoms with E-state index in [4.69, 9.17) is 10.5 Å². The van der Waals surface area contributed by atoms with Gasteiger partial charge in [0, 0.05) is 5.54 Å². The Kier molecular flexibility index (Phi) is 5.71. The molecule has 4 N–H and O–H groups in total. The maximum Gasteiger partial charge on any atom is 0.230 e. The highest BCUT2D eigenvalue weighted by Gasteiger charge is 2.19. The molecule has 0 fully saturated rings. The van der Waals surface area contributed by atoms with Gasteiger partial charge in [0.1, 0.15) is 5.75 Å². The van der Waals surface area contributed by atoms with Gasteiger partial charge in [-0.3, -0.25) is 4.79 Å². The Balaban J connectivity index is 2.02. The zero-order chi connectivity index (χ0) is 17.7. The van der Waals surface area contributed by atoms with E-state index in [1.54, 1.807) is 7.11 Å². The fraction of sp³-hybridized carbons (Fsp3) is 0.438. The standard InChI is InChI=1S/C16H23N5O2S/c1-16(2,3)21-12(22)9-24-15-19-13(18-14(17)20-15)10-5-7-11(23-4)8-6-10/h5-8,13H,9H2,1-4H3,(H,21,22)(H3,17,18,19,20)/t13-/m1/s1. The number of thioether (sulfide) groups is 1. The maximum absolute atomic E-state index is 11.9. The van der Waals surface area contributed by atoms with Gasteiger partial charge in [0.05, 0.1) is 12.9 Å². The summed E-state index contributed by atoms with van der Waals surface area (Å²) in [5.74, 6) is 1.25. The van der Waals surface area contributed by atoms with Crippen molar-refractivity contribution < 1.29 is 9.53 Å². The van der Waals surface area contributed by atoms with Gasteiger partial charge in [0.15, 0.2) is 17.3 Å². The van der Waals surface area contributed by atoms with Crippen LogP contribution in [0.2, 0.25) is 0 Å². The van der Waals surface area contributed by atoms with Crippen LogP contribution < -0.4 is 21.1 Å². The minimum atomic E-state index is -0.426. The zero-order valence-corrected chi connectivity index (χ0v) is 15.1. The number of nitrogens with two attached hydrogens (primary N) is 1. The molecule has 1 amide bonds. The molecule has 8 heteroatoms. The van der Waals surface area contributed by atoms with Crippen LogP contribution in [0.3, 0.4) is 0 Å². The van der Waals surface area contributed by atoms with E-state index < -0.39 is 6.17 Å². The van der Waals surface area contributed by atoms with E-state index in [2.05, 4.69) is 20.6 Å². The van der Waals surface area contributed by atoms with E-state index in [0.717, 1.165) is 11.3 Å². The highest BCUT2D eigenvalue weighted by molar-refractivity contribution is 8.14. The molecule has 0 radical (unpaired) electrons. The summed E-state index contributed by atoms with van der Waals surface area (Å²) >= 11 is 1.30. The van der Waals surface area contributed by atoms with Crippen LogP contribution in [0.15, 0.2) is 34.3 Å². The molecule has 0 aliphatic carbocycles. The van der Waals surface area contributed by atoms with Gasteiger partial charge in [-0.15, -0.1) is 0 Å². The fourth-order valence-corrected chi connectivity index (χ4v) is 2.72. The molecule has 24 heavy (non-hydrogen) atoms. The number of methoxy groups -OCH3 is 1. The summed E-state index contributed by atoms with van der Waals surface area (Å²) in [4.78, 5) is 20.7. The minimum absolute atomic E-state index is 0.0564.